The van der Waals surface area contributed by atoms with Crippen LogP contribution in [-0.4, -0.2) is 42.5 Å². The maximum absolute atomic E-state index is 10.4. The van der Waals surface area contributed by atoms with Crippen molar-refractivity contribution in [1.29, 1.82) is 0 Å². The molecule has 0 bridgehead atoms. The molecule has 1 heterocycles. The maximum Gasteiger partial charge on any atom is 0.263 e. The van der Waals surface area contributed by atoms with Gasteiger partial charge in [0.2, 0.25) is 0 Å². The molecule has 0 unspecified atom stereocenters. The van der Waals surface area contributed by atoms with Crippen LogP contribution in [0.4, 0.5) is 0 Å². The molecule has 0 aliphatic heterocycles. The minimum atomic E-state index is -0.440. The van der Waals surface area contributed by atoms with Gasteiger partial charge in [-0.2, -0.15) is 11.8 Å². The zero-order valence-corrected chi connectivity index (χ0v) is 14.1. The fourth-order valence-corrected chi connectivity index (χ4v) is 2.92. The second kappa shape index (κ2) is 9.75. The number of hydrogen-bond acceptors (Lipinski definition) is 7. The first-order chi connectivity index (χ1) is 10.0. The molecule has 0 saturated heterocycles. The van der Waals surface area contributed by atoms with Crippen molar-refractivity contribution in [3.8, 4) is 0 Å². The molecule has 0 fully saturated rings. The van der Waals surface area contributed by atoms with E-state index in [1.165, 1.54) is 17.3 Å². The second-order valence-corrected chi connectivity index (χ2v) is 6.52. The fraction of sp³-hybridized carbons (Fsp3) is 0.538. The lowest BCUT2D eigenvalue weighted by Gasteiger charge is -2.09. The van der Waals surface area contributed by atoms with Gasteiger partial charge in [-0.05, 0) is 26.4 Å². The van der Waals surface area contributed by atoms with Gasteiger partial charge in [0.15, 0.2) is 0 Å². The predicted octanol–water partition coefficient (Wildman–Crippen LogP) is 2.60. The normalized spacial score (nSPS) is 11.9. The Kier molecular flexibility index (Phi) is 8.33. The summed E-state index contributed by atoms with van der Waals surface area (Å²) in [5.41, 5.74) is 1.21. The van der Waals surface area contributed by atoms with Gasteiger partial charge >= 0.3 is 0 Å². The molecule has 0 atom stereocenters. The van der Waals surface area contributed by atoms with E-state index in [1.54, 1.807) is 18.0 Å². The fourth-order valence-electron chi connectivity index (χ4n) is 1.62. The smallest absolute Gasteiger partial charge is 0.263 e. The van der Waals surface area contributed by atoms with E-state index in [0.717, 1.165) is 30.0 Å². The van der Waals surface area contributed by atoms with Crippen molar-refractivity contribution in [1.82, 2.24) is 10.2 Å². The van der Waals surface area contributed by atoms with Crippen LogP contribution in [0.1, 0.15) is 11.3 Å². The Morgan fingerprint density at radius 3 is 2.95 bits per heavy atom. The summed E-state index contributed by atoms with van der Waals surface area (Å²) in [5.74, 6) is 2.76. The number of nitro groups is 1. The predicted molar refractivity (Wildman–Crippen MR) is 88.9 cm³/mol. The molecule has 1 rings (SSSR count). The molecule has 1 N–H and O–H groups in total. The lowest BCUT2D eigenvalue weighted by Crippen LogP contribution is -2.15. The lowest BCUT2D eigenvalue weighted by molar-refractivity contribution is -0.403. The van der Waals surface area contributed by atoms with Gasteiger partial charge in [-0.15, -0.1) is 11.8 Å². The standard InChI is InChI=1S/C13H21N3O3S2/c1-15(2)8-12-11(4-6-19-12)10-21-7-5-14-13(20-3)9-16(17)18/h4,6,9,14H,5,7-8,10H2,1-3H3/b13-9-. The molecule has 0 aromatic carbocycles. The molecule has 0 saturated carbocycles. The third-order valence-corrected chi connectivity index (χ3v) is 4.24. The van der Waals surface area contributed by atoms with E-state index in [2.05, 4.69) is 10.2 Å². The largest absolute Gasteiger partial charge is 0.468 e. The van der Waals surface area contributed by atoms with Crippen molar-refractivity contribution in [2.75, 3.05) is 32.6 Å². The van der Waals surface area contributed by atoms with Crippen LogP contribution < -0.4 is 5.32 Å². The van der Waals surface area contributed by atoms with Gasteiger partial charge < -0.3 is 14.6 Å². The quantitative estimate of drug-likeness (QED) is 0.401. The number of hydrogen-bond donors (Lipinski definition) is 1. The highest BCUT2D eigenvalue weighted by Gasteiger charge is 2.07. The number of rotatable bonds is 10. The Balaban J connectivity index is 2.28. The van der Waals surface area contributed by atoms with Gasteiger partial charge in [0.1, 0.15) is 10.8 Å². The summed E-state index contributed by atoms with van der Waals surface area (Å²) >= 11 is 3.12. The van der Waals surface area contributed by atoms with Crippen molar-refractivity contribution in [3.63, 3.8) is 0 Å². The molecule has 21 heavy (non-hydrogen) atoms. The highest BCUT2D eigenvalue weighted by molar-refractivity contribution is 8.02. The molecule has 118 valence electrons. The molecular formula is C13H21N3O3S2. The molecule has 0 amide bonds. The first-order valence-electron chi connectivity index (χ1n) is 6.43. The summed E-state index contributed by atoms with van der Waals surface area (Å²) in [7, 11) is 4.02. The molecule has 0 radical (unpaired) electrons. The first kappa shape index (κ1) is 17.9. The van der Waals surface area contributed by atoms with Gasteiger partial charge in [0, 0.05) is 23.6 Å². The van der Waals surface area contributed by atoms with E-state index in [0.29, 0.717) is 11.6 Å². The minimum absolute atomic E-state index is 0.440. The average molecular weight is 331 g/mol. The van der Waals surface area contributed by atoms with Gasteiger partial charge in [0.05, 0.1) is 17.7 Å². The van der Waals surface area contributed by atoms with E-state index >= 15 is 0 Å². The third kappa shape index (κ3) is 7.45. The van der Waals surface area contributed by atoms with Crippen LogP contribution in [0.2, 0.25) is 0 Å². The summed E-state index contributed by atoms with van der Waals surface area (Å²) in [4.78, 5) is 12.0. The average Bonchev–Trinajstić information content (AvgIpc) is 2.83. The molecule has 1 aromatic heterocycles. The third-order valence-electron chi connectivity index (χ3n) is 2.54. The number of thioether (sulfide) groups is 2. The summed E-state index contributed by atoms with van der Waals surface area (Å²) in [6, 6.07) is 2.00. The van der Waals surface area contributed by atoms with E-state index in [1.807, 2.05) is 26.4 Å². The van der Waals surface area contributed by atoms with Crippen LogP contribution in [0.25, 0.3) is 0 Å². The molecule has 0 aliphatic carbocycles. The summed E-state index contributed by atoms with van der Waals surface area (Å²) in [5, 5.41) is 14.0. The van der Waals surface area contributed by atoms with Crippen LogP contribution in [0, 0.1) is 10.1 Å². The van der Waals surface area contributed by atoms with Gasteiger partial charge in [-0.1, -0.05) is 0 Å². The zero-order chi connectivity index (χ0) is 15.7. The Morgan fingerprint density at radius 1 is 1.57 bits per heavy atom. The molecular weight excluding hydrogens is 310 g/mol. The summed E-state index contributed by atoms with van der Waals surface area (Å²) in [6.45, 7) is 1.50. The molecule has 0 spiro atoms. The van der Waals surface area contributed by atoms with Crippen molar-refractivity contribution in [2.24, 2.45) is 0 Å². The van der Waals surface area contributed by atoms with Crippen molar-refractivity contribution >= 4 is 23.5 Å². The Labute approximate surface area is 133 Å². The van der Waals surface area contributed by atoms with E-state index in [4.69, 9.17) is 4.42 Å². The number of furan rings is 1. The van der Waals surface area contributed by atoms with Crippen molar-refractivity contribution < 1.29 is 9.34 Å². The molecule has 1 aromatic rings. The molecule has 6 nitrogen and oxygen atoms in total. The van der Waals surface area contributed by atoms with Crippen LogP contribution in [0.15, 0.2) is 28.0 Å². The Bertz CT molecular complexity index is 475. The van der Waals surface area contributed by atoms with E-state index in [9.17, 15) is 10.1 Å². The summed E-state index contributed by atoms with van der Waals surface area (Å²) in [6.07, 6.45) is 4.54. The number of nitrogens with zero attached hydrogens (tertiary/aromatic N) is 2. The van der Waals surface area contributed by atoms with Crippen molar-refractivity contribution in [3.05, 3.63) is 45.0 Å². The monoisotopic (exact) mass is 331 g/mol. The highest BCUT2D eigenvalue weighted by atomic mass is 32.2. The van der Waals surface area contributed by atoms with Crippen LogP contribution in [0.5, 0.6) is 0 Å². The van der Waals surface area contributed by atoms with E-state index in [-0.39, 0.29) is 0 Å². The van der Waals surface area contributed by atoms with Crippen LogP contribution >= 0.6 is 23.5 Å². The van der Waals surface area contributed by atoms with E-state index < -0.39 is 4.92 Å². The topological polar surface area (TPSA) is 71.5 Å². The lowest BCUT2D eigenvalue weighted by atomic mass is 10.3. The highest BCUT2D eigenvalue weighted by Crippen LogP contribution is 2.19. The second-order valence-electron chi connectivity index (χ2n) is 4.57. The van der Waals surface area contributed by atoms with Crippen molar-refractivity contribution in [2.45, 2.75) is 12.3 Å². The van der Waals surface area contributed by atoms with Gasteiger partial charge in [-0.3, -0.25) is 10.1 Å². The molecule has 0 aliphatic rings. The Hall–Kier alpha value is -1.12. The maximum atomic E-state index is 10.4. The first-order valence-corrected chi connectivity index (χ1v) is 8.81. The van der Waals surface area contributed by atoms with Crippen LogP contribution in [-0.2, 0) is 12.3 Å². The number of nitrogens with one attached hydrogen (secondary N) is 1. The van der Waals surface area contributed by atoms with Gasteiger partial charge in [0.25, 0.3) is 6.20 Å². The summed E-state index contributed by atoms with van der Waals surface area (Å²) < 4.78 is 5.47. The minimum Gasteiger partial charge on any atom is -0.468 e. The van der Waals surface area contributed by atoms with Gasteiger partial charge in [-0.25, -0.2) is 0 Å². The SMILES string of the molecule is CS/C(=C\[N+](=O)[O-])NCCSCc1ccoc1CN(C)C. The Morgan fingerprint density at radius 2 is 2.33 bits per heavy atom. The molecule has 8 heteroatoms. The van der Waals surface area contributed by atoms with Crippen LogP contribution in [0.3, 0.4) is 0 Å². The zero-order valence-electron chi connectivity index (χ0n) is 12.5.